The number of rotatable bonds is 8. The summed E-state index contributed by atoms with van der Waals surface area (Å²) in [5, 5.41) is 0. The molecule has 0 N–H and O–H groups in total. The average molecular weight is 234 g/mol. The van der Waals surface area contributed by atoms with Gasteiger partial charge in [-0.3, -0.25) is 4.79 Å². The van der Waals surface area contributed by atoms with Crippen molar-refractivity contribution in [2.75, 3.05) is 6.61 Å². The number of unbranched alkanes of at least 4 members (excludes halogenated alkanes) is 2. The molecule has 17 heavy (non-hydrogen) atoms. The number of para-hydroxylation sites is 1. The summed E-state index contributed by atoms with van der Waals surface area (Å²) < 4.78 is 5.59. The predicted octanol–water partition coefficient (Wildman–Crippen LogP) is 4.24. The minimum absolute atomic E-state index is 0.199. The maximum atomic E-state index is 12.0. The molecule has 2 heteroatoms. The van der Waals surface area contributed by atoms with Crippen LogP contribution in [0.3, 0.4) is 0 Å². The molecule has 0 unspecified atom stereocenters. The lowest BCUT2D eigenvalue weighted by Crippen LogP contribution is -2.04. The molecule has 0 heterocycles. The van der Waals surface area contributed by atoms with E-state index in [1.807, 2.05) is 24.3 Å². The Balaban J connectivity index is 2.64. The van der Waals surface area contributed by atoms with Crippen molar-refractivity contribution in [3.05, 3.63) is 29.8 Å². The topological polar surface area (TPSA) is 26.3 Å². The van der Waals surface area contributed by atoms with Gasteiger partial charge in [-0.2, -0.15) is 0 Å². The summed E-state index contributed by atoms with van der Waals surface area (Å²) >= 11 is 0. The van der Waals surface area contributed by atoms with Crippen LogP contribution in [0.5, 0.6) is 5.75 Å². The van der Waals surface area contributed by atoms with Crippen LogP contribution >= 0.6 is 0 Å². The third kappa shape index (κ3) is 4.59. The van der Waals surface area contributed by atoms with Crippen molar-refractivity contribution in [3.8, 4) is 5.75 Å². The van der Waals surface area contributed by atoms with Crippen molar-refractivity contribution in [1.82, 2.24) is 0 Å². The highest BCUT2D eigenvalue weighted by atomic mass is 16.5. The molecule has 0 bridgehead atoms. The van der Waals surface area contributed by atoms with E-state index in [9.17, 15) is 4.79 Å². The predicted molar refractivity (Wildman–Crippen MR) is 70.7 cm³/mol. The highest BCUT2D eigenvalue weighted by Crippen LogP contribution is 2.20. The molecule has 0 amide bonds. The Morgan fingerprint density at radius 3 is 2.59 bits per heavy atom. The minimum atomic E-state index is 0.199. The fourth-order valence-electron chi connectivity index (χ4n) is 1.71. The maximum absolute atomic E-state index is 12.0. The first-order chi connectivity index (χ1) is 8.29. The van der Waals surface area contributed by atoms with E-state index >= 15 is 0 Å². The average Bonchev–Trinajstić information content (AvgIpc) is 2.37. The van der Waals surface area contributed by atoms with Crippen LogP contribution in [0.2, 0.25) is 0 Å². The Morgan fingerprint density at radius 1 is 1.12 bits per heavy atom. The highest BCUT2D eigenvalue weighted by Gasteiger charge is 2.11. The lowest BCUT2D eigenvalue weighted by atomic mass is 10.0. The van der Waals surface area contributed by atoms with Crippen LogP contribution in [0.4, 0.5) is 0 Å². The van der Waals surface area contributed by atoms with Crippen LogP contribution in [-0.4, -0.2) is 12.4 Å². The summed E-state index contributed by atoms with van der Waals surface area (Å²) in [6.45, 7) is 4.87. The van der Waals surface area contributed by atoms with Crippen LogP contribution in [0, 0.1) is 0 Å². The monoisotopic (exact) mass is 234 g/mol. The van der Waals surface area contributed by atoms with Gasteiger partial charge in [0.25, 0.3) is 0 Å². The van der Waals surface area contributed by atoms with E-state index in [0.29, 0.717) is 13.0 Å². The third-order valence-electron chi connectivity index (χ3n) is 2.66. The Hall–Kier alpha value is -1.31. The number of Topliss-reactive ketones (excluding diaryl/α,β-unsaturated/α-hetero) is 1. The molecule has 2 nitrogen and oxygen atoms in total. The zero-order valence-corrected chi connectivity index (χ0v) is 10.9. The number of benzene rings is 1. The molecule has 0 saturated heterocycles. The lowest BCUT2D eigenvalue weighted by molar-refractivity contribution is 0.0975. The second-order valence-corrected chi connectivity index (χ2v) is 4.22. The first-order valence-corrected chi connectivity index (χ1v) is 6.54. The molecular formula is C15H22O2. The SMILES string of the molecule is CCCCCC(=O)c1ccccc1OCCC. The second kappa shape index (κ2) is 7.88. The van der Waals surface area contributed by atoms with Gasteiger partial charge in [-0.25, -0.2) is 0 Å². The van der Waals surface area contributed by atoms with Gasteiger partial charge in [-0.1, -0.05) is 38.8 Å². The first kappa shape index (κ1) is 13.8. The van der Waals surface area contributed by atoms with Gasteiger partial charge >= 0.3 is 0 Å². The normalized spacial score (nSPS) is 10.2. The molecule has 0 fully saturated rings. The van der Waals surface area contributed by atoms with Gasteiger partial charge in [-0.15, -0.1) is 0 Å². The second-order valence-electron chi connectivity index (χ2n) is 4.22. The van der Waals surface area contributed by atoms with Crippen molar-refractivity contribution in [2.24, 2.45) is 0 Å². The van der Waals surface area contributed by atoms with Gasteiger partial charge in [0.05, 0.1) is 12.2 Å². The van der Waals surface area contributed by atoms with E-state index < -0.39 is 0 Å². The molecule has 0 aliphatic rings. The zero-order chi connectivity index (χ0) is 12.5. The van der Waals surface area contributed by atoms with Gasteiger partial charge in [0, 0.05) is 6.42 Å². The molecule has 94 valence electrons. The number of ether oxygens (including phenoxy) is 1. The summed E-state index contributed by atoms with van der Waals surface area (Å²) in [5.41, 5.74) is 0.733. The molecule has 0 aliphatic carbocycles. The van der Waals surface area contributed by atoms with Crippen molar-refractivity contribution in [2.45, 2.75) is 46.0 Å². The summed E-state index contributed by atoms with van der Waals surface area (Å²) in [6, 6.07) is 7.54. The Labute approximate surface area is 104 Å². The van der Waals surface area contributed by atoms with Crippen LogP contribution < -0.4 is 4.74 Å². The number of carbonyl (C=O) groups is 1. The van der Waals surface area contributed by atoms with Crippen LogP contribution in [-0.2, 0) is 0 Å². The van der Waals surface area contributed by atoms with Crippen LogP contribution in [0.1, 0.15) is 56.3 Å². The van der Waals surface area contributed by atoms with Gasteiger partial charge < -0.3 is 4.74 Å². The molecule has 1 aromatic carbocycles. The summed E-state index contributed by atoms with van der Waals surface area (Å²) in [6.07, 6.45) is 4.81. The molecule has 1 rings (SSSR count). The molecule has 0 saturated carbocycles. The van der Waals surface area contributed by atoms with E-state index in [-0.39, 0.29) is 5.78 Å². The molecule has 0 atom stereocenters. The van der Waals surface area contributed by atoms with E-state index in [1.54, 1.807) is 0 Å². The molecule has 0 radical (unpaired) electrons. The van der Waals surface area contributed by atoms with Crippen molar-refractivity contribution in [1.29, 1.82) is 0 Å². The fourth-order valence-corrected chi connectivity index (χ4v) is 1.71. The summed E-state index contributed by atoms with van der Waals surface area (Å²) in [4.78, 5) is 12.0. The third-order valence-corrected chi connectivity index (χ3v) is 2.66. The summed E-state index contributed by atoms with van der Waals surface area (Å²) in [7, 11) is 0. The minimum Gasteiger partial charge on any atom is -0.493 e. The number of hydrogen-bond donors (Lipinski definition) is 0. The molecule has 1 aromatic rings. The van der Waals surface area contributed by atoms with Crippen molar-refractivity contribution < 1.29 is 9.53 Å². The Morgan fingerprint density at radius 2 is 1.88 bits per heavy atom. The van der Waals surface area contributed by atoms with Crippen LogP contribution in [0.15, 0.2) is 24.3 Å². The lowest BCUT2D eigenvalue weighted by Gasteiger charge is -2.09. The van der Waals surface area contributed by atoms with Gasteiger partial charge in [0.1, 0.15) is 5.75 Å². The Bertz CT molecular complexity index is 345. The fraction of sp³-hybridized carbons (Fsp3) is 0.533. The maximum Gasteiger partial charge on any atom is 0.166 e. The van der Waals surface area contributed by atoms with Crippen LogP contribution in [0.25, 0.3) is 0 Å². The largest absolute Gasteiger partial charge is 0.493 e. The van der Waals surface area contributed by atoms with Crippen molar-refractivity contribution >= 4 is 5.78 Å². The Kier molecular flexibility index (Phi) is 6.38. The summed E-state index contributed by atoms with van der Waals surface area (Å²) in [5.74, 6) is 0.931. The number of carbonyl (C=O) groups excluding carboxylic acids is 1. The van der Waals surface area contributed by atoms with E-state index in [2.05, 4.69) is 13.8 Å². The smallest absolute Gasteiger partial charge is 0.166 e. The quantitative estimate of drug-likeness (QED) is 0.497. The molecular weight excluding hydrogens is 212 g/mol. The standard InChI is InChI=1S/C15H22O2/c1-3-5-6-10-14(16)13-9-7-8-11-15(13)17-12-4-2/h7-9,11H,3-6,10,12H2,1-2H3. The zero-order valence-electron chi connectivity index (χ0n) is 10.9. The van der Waals surface area contributed by atoms with Gasteiger partial charge in [0.2, 0.25) is 0 Å². The van der Waals surface area contributed by atoms with Gasteiger partial charge in [-0.05, 0) is 25.0 Å². The van der Waals surface area contributed by atoms with Crippen molar-refractivity contribution in [3.63, 3.8) is 0 Å². The van der Waals surface area contributed by atoms with E-state index in [4.69, 9.17) is 4.74 Å². The number of hydrogen-bond acceptors (Lipinski definition) is 2. The molecule has 0 aromatic heterocycles. The number of ketones is 1. The molecule has 0 aliphatic heterocycles. The van der Waals surface area contributed by atoms with E-state index in [0.717, 1.165) is 37.0 Å². The van der Waals surface area contributed by atoms with E-state index in [1.165, 1.54) is 0 Å². The molecule has 0 spiro atoms. The highest BCUT2D eigenvalue weighted by molar-refractivity contribution is 5.98. The first-order valence-electron chi connectivity index (χ1n) is 6.54. The van der Waals surface area contributed by atoms with Gasteiger partial charge in [0.15, 0.2) is 5.78 Å².